The van der Waals surface area contributed by atoms with Crippen LogP contribution >= 0.6 is 11.3 Å². The van der Waals surface area contributed by atoms with E-state index in [9.17, 15) is 13.5 Å². The molecule has 6 heteroatoms. The quantitative estimate of drug-likeness (QED) is 0.769. The van der Waals surface area contributed by atoms with Gasteiger partial charge in [0.1, 0.15) is 5.75 Å². The van der Waals surface area contributed by atoms with E-state index in [2.05, 4.69) is 0 Å². The normalized spacial score (nSPS) is 13.5. The maximum atomic E-state index is 13.0. The highest BCUT2D eigenvalue weighted by atomic mass is 32.2. The summed E-state index contributed by atoms with van der Waals surface area (Å²) in [6.45, 7) is 0.309. The van der Waals surface area contributed by atoms with E-state index in [-0.39, 0.29) is 10.6 Å². The minimum atomic E-state index is -3.68. The van der Waals surface area contributed by atoms with Crippen LogP contribution in [0, 0.1) is 0 Å². The van der Waals surface area contributed by atoms with Crippen LogP contribution in [-0.4, -0.2) is 13.5 Å². The Kier molecular flexibility index (Phi) is 3.18. The van der Waals surface area contributed by atoms with E-state index >= 15 is 0 Å². The van der Waals surface area contributed by atoms with Crippen LogP contribution < -0.4 is 4.31 Å². The van der Waals surface area contributed by atoms with Gasteiger partial charge in [0.15, 0.2) is 0 Å². The fourth-order valence-electron chi connectivity index (χ4n) is 2.78. The Labute approximate surface area is 138 Å². The molecule has 0 radical (unpaired) electrons. The van der Waals surface area contributed by atoms with E-state index < -0.39 is 10.0 Å². The second kappa shape index (κ2) is 5.11. The second-order valence-electron chi connectivity index (χ2n) is 5.30. The molecular formula is C17H13NO3S2. The fourth-order valence-corrected chi connectivity index (χ4v) is 5.25. The summed E-state index contributed by atoms with van der Waals surface area (Å²) in [7, 11) is -3.68. The molecule has 0 saturated carbocycles. The maximum absolute atomic E-state index is 13.0. The van der Waals surface area contributed by atoms with E-state index in [1.807, 2.05) is 35.7 Å². The summed E-state index contributed by atoms with van der Waals surface area (Å²) >= 11 is 1.54. The van der Waals surface area contributed by atoms with Crippen molar-refractivity contribution in [3.05, 3.63) is 65.5 Å². The monoisotopic (exact) mass is 343 g/mol. The lowest BCUT2D eigenvalue weighted by atomic mass is 10.0. The minimum absolute atomic E-state index is 0.0455. The molecule has 4 rings (SSSR count). The zero-order chi connectivity index (χ0) is 16.0. The third kappa shape index (κ3) is 2.22. The van der Waals surface area contributed by atoms with Crippen molar-refractivity contribution in [1.29, 1.82) is 0 Å². The summed E-state index contributed by atoms with van der Waals surface area (Å²) in [5.74, 6) is 0.0455. The van der Waals surface area contributed by atoms with Gasteiger partial charge in [0.2, 0.25) is 0 Å². The molecule has 2 heterocycles. The lowest BCUT2D eigenvalue weighted by Crippen LogP contribution is -2.32. The van der Waals surface area contributed by atoms with Crippen molar-refractivity contribution >= 4 is 27.0 Å². The number of hydrogen-bond donors (Lipinski definition) is 1. The first-order valence-electron chi connectivity index (χ1n) is 7.05. The molecule has 0 unspecified atom stereocenters. The number of phenols is 1. The maximum Gasteiger partial charge on any atom is 0.264 e. The summed E-state index contributed by atoms with van der Waals surface area (Å²) in [4.78, 5) is 1.14. The van der Waals surface area contributed by atoms with Crippen molar-refractivity contribution in [3.8, 4) is 16.2 Å². The van der Waals surface area contributed by atoms with E-state index in [0.717, 1.165) is 16.0 Å². The smallest absolute Gasteiger partial charge is 0.264 e. The Morgan fingerprint density at radius 3 is 2.52 bits per heavy atom. The first-order chi connectivity index (χ1) is 11.1. The number of phenolic OH excluding ortho intramolecular Hbond substituents is 1. The Morgan fingerprint density at radius 2 is 1.74 bits per heavy atom. The van der Waals surface area contributed by atoms with Crippen LogP contribution in [0.25, 0.3) is 10.4 Å². The molecule has 4 nitrogen and oxygen atoms in total. The minimum Gasteiger partial charge on any atom is -0.508 e. The fraction of sp³-hybridized carbons (Fsp3) is 0.0588. The molecule has 1 aromatic heterocycles. The Balaban J connectivity index is 1.86. The second-order valence-corrected chi connectivity index (χ2v) is 8.08. The van der Waals surface area contributed by atoms with Crippen molar-refractivity contribution < 1.29 is 13.5 Å². The molecule has 3 aromatic rings. The van der Waals surface area contributed by atoms with Gasteiger partial charge in [-0.3, -0.25) is 4.31 Å². The highest BCUT2D eigenvalue weighted by molar-refractivity contribution is 7.92. The van der Waals surface area contributed by atoms with Gasteiger partial charge in [-0.1, -0.05) is 24.3 Å². The van der Waals surface area contributed by atoms with E-state index in [1.165, 1.54) is 39.9 Å². The molecule has 1 N–H and O–H groups in total. The standard InChI is InChI=1S/C17H13NO3S2/c19-13-5-7-14(8-6-13)23(20,21)18-11-12-3-1-2-4-15(12)17-16(18)9-10-22-17/h1-10,19H,11H2. The van der Waals surface area contributed by atoms with E-state index in [0.29, 0.717) is 12.2 Å². The zero-order valence-electron chi connectivity index (χ0n) is 12.0. The highest BCUT2D eigenvalue weighted by Gasteiger charge is 2.32. The van der Waals surface area contributed by atoms with E-state index in [1.54, 1.807) is 0 Å². The molecule has 0 atom stereocenters. The number of hydrogen-bond acceptors (Lipinski definition) is 4. The lowest BCUT2D eigenvalue weighted by Gasteiger charge is -2.30. The van der Waals surface area contributed by atoms with Crippen LogP contribution in [0.15, 0.2) is 64.9 Å². The first-order valence-corrected chi connectivity index (χ1v) is 9.37. The molecule has 0 bridgehead atoms. The number of aromatic hydroxyl groups is 1. The number of fused-ring (bicyclic) bond motifs is 3. The third-order valence-electron chi connectivity index (χ3n) is 3.91. The van der Waals surface area contributed by atoms with Crippen LogP contribution in [0.4, 0.5) is 5.69 Å². The van der Waals surface area contributed by atoms with E-state index in [4.69, 9.17) is 0 Å². The van der Waals surface area contributed by atoms with Gasteiger partial charge in [0.05, 0.1) is 22.0 Å². The van der Waals surface area contributed by atoms with Crippen molar-refractivity contribution in [2.75, 3.05) is 4.31 Å². The summed E-state index contributed by atoms with van der Waals surface area (Å²) in [6.07, 6.45) is 0. The van der Waals surface area contributed by atoms with Gasteiger partial charge in [0.25, 0.3) is 10.0 Å². The molecule has 1 aliphatic heterocycles. The summed E-state index contributed by atoms with van der Waals surface area (Å²) in [5, 5.41) is 11.3. The largest absolute Gasteiger partial charge is 0.508 e. The van der Waals surface area contributed by atoms with Gasteiger partial charge >= 0.3 is 0 Å². The third-order valence-corrected chi connectivity index (χ3v) is 6.62. The van der Waals surface area contributed by atoms with Gasteiger partial charge in [0, 0.05) is 0 Å². The molecule has 116 valence electrons. The SMILES string of the molecule is O=S(=O)(c1ccc(O)cc1)N1Cc2ccccc2-c2sccc21. The molecule has 0 spiro atoms. The number of anilines is 1. The molecule has 1 aliphatic rings. The lowest BCUT2D eigenvalue weighted by molar-refractivity contribution is 0.474. The van der Waals surface area contributed by atoms with Crippen molar-refractivity contribution in [1.82, 2.24) is 0 Å². The Hall–Kier alpha value is -2.31. The van der Waals surface area contributed by atoms with Crippen LogP contribution in [0.2, 0.25) is 0 Å². The molecule has 23 heavy (non-hydrogen) atoms. The number of benzene rings is 2. The number of nitrogens with zero attached hydrogens (tertiary/aromatic N) is 1. The van der Waals surface area contributed by atoms with Crippen molar-refractivity contribution in [3.63, 3.8) is 0 Å². The van der Waals surface area contributed by atoms with Crippen LogP contribution in [0.1, 0.15) is 5.56 Å². The van der Waals surface area contributed by atoms with Gasteiger partial charge in [-0.2, -0.15) is 0 Å². The van der Waals surface area contributed by atoms with Gasteiger partial charge in [-0.25, -0.2) is 8.42 Å². The number of rotatable bonds is 2. The molecule has 0 aliphatic carbocycles. The summed E-state index contributed by atoms with van der Waals surface area (Å²) in [5.41, 5.74) is 2.79. The highest BCUT2D eigenvalue weighted by Crippen LogP contribution is 2.44. The average Bonchev–Trinajstić information content (AvgIpc) is 3.04. The van der Waals surface area contributed by atoms with Gasteiger partial charge in [-0.15, -0.1) is 11.3 Å². The number of thiophene rings is 1. The van der Waals surface area contributed by atoms with Crippen molar-refractivity contribution in [2.24, 2.45) is 0 Å². The molecule has 0 saturated heterocycles. The Morgan fingerprint density at radius 1 is 1.00 bits per heavy atom. The van der Waals surface area contributed by atoms with Crippen LogP contribution in [-0.2, 0) is 16.6 Å². The molecule has 0 amide bonds. The molecule has 2 aromatic carbocycles. The number of sulfonamides is 1. The Bertz CT molecular complexity index is 975. The summed E-state index contributed by atoms with van der Waals surface area (Å²) < 4.78 is 27.5. The zero-order valence-corrected chi connectivity index (χ0v) is 13.6. The predicted molar refractivity (Wildman–Crippen MR) is 91.2 cm³/mol. The molecular weight excluding hydrogens is 330 g/mol. The van der Waals surface area contributed by atoms with Crippen LogP contribution in [0.5, 0.6) is 5.75 Å². The average molecular weight is 343 g/mol. The predicted octanol–water partition coefficient (Wildman–Crippen LogP) is 3.83. The van der Waals surface area contributed by atoms with Gasteiger partial charge < -0.3 is 5.11 Å². The van der Waals surface area contributed by atoms with Crippen molar-refractivity contribution in [2.45, 2.75) is 11.4 Å². The summed E-state index contributed by atoms with van der Waals surface area (Å²) in [6, 6.07) is 15.3. The topological polar surface area (TPSA) is 57.6 Å². The molecule has 0 fully saturated rings. The first kappa shape index (κ1) is 14.3. The van der Waals surface area contributed by atoms with Gasteiger partial charge in [-0.05, 0) is 46.8 Å². The van der Waals surface area contributed by atoms with Crippen LogP contribution in [0.3, 0.4) is 0 Å².